The SMILES string of the molecule is CS(=O)(=O)Nc1cncc(CNc2nc(NC3(C(F)(F)F)CC3)c3nc(-c4ccc(F)cc4)ccc3n2)c1. The molecule has 0 unspecified atom stereocenters. The Kier molecular flexibility index (Phi) is 6.29. The molecule has 1 aromatic carbocycles. The number of benzene rings is 1. The Morgan fingerprint density at radius 3 is 2.39 bits per heavy atom. The zero-order valence-electron chi connectivity index (χ0n) is 19.8. The number of aromatic nitrogens is 4. The molecule has 38 heavy (non-hydrogen) atoms. The van der Waals surface area contributed by atoms with E-state index in [-0.39, 0.29) is 42.4 Å². The average molecular weight is 548 g/mol. The number of rotatable bonds is 8. The van der Waals surface area contributed by atoms with Gasteiger partial charge >= 0.3 is 6.18 Å². The third kappa shape index (κ3) is 5.59. The lowest BCUT2D eigenvalue weighted by atomic mass is 10.1. The van der Waals surface area contributed by atoms with E-state index in [0.29, 0.717) is 22.3 Å². The van der Waals surface area contributed by atoms with Crippen LogP contribution in [0.3, 0.4) is 0 Å². The van der Waals surface area contributed by atoms with Gasteiger partial charge in [-0.3, -0.25) is 9.71 Å². The Bertz CT molecular complexity index is 1610. The molecule has 3 aromatic heterocycles. The Balaban J connectivity index is 1.49. The van der Waals surface area contributed by atoms with Gasteiger partial charge in [0.1, 0.15) is 16.9 Å². The summed E-state index contributed by atoms with van der Waals surface area (Å²) in [5.74, 6) is -0.484. The molecule has 0 amide bonds. The summed E-state index contributed by atoms with van der Waals surface area (Å²) in [7, 11) is -3.50. The molecule has 0 bridgehead atoms. The molecular weight excluding hydrogens is 526 g/mol. The third-order valence-corrected chi connectivity index (χ3v) is 6.49. The maximum atomic E-state index is 13.8. The van der Waals surface area contributed by atoms with Crippen LogP contribution >= 0.6 is 0 Å². The van der Waals surface area contributed by atoms with E-state index in [1.165, 1.54) is 36.7 Å². The molecule has 3 heterocycles. The normalized spacial score (nSPS) is 14.8. The number of sulfonamides is 1. The molecule has 0 radical (unpaired) electrons. The molecular formula is C24H21F4N7O2S. The maximum Gasteiger partial charge on any atom is 0.411 e. The largest absolute Gasteiger partial charge is 0.411 e. The van der Waals surface area contributed by atoms with E-state index in [9.17, 15) is 26.0 Å². The number of hydrogen-bond acceptors (Lipinski definition) is 8. The van der Waals surface area contributed by atoms with Gasteiger partial charge < -0.3 is 10.6 Å². The molecule has 198 valence electrons. The number of fused-ring (bicyclic) bond motifs is 1. The van der Waals surface area contributed by atoms with Gasteiger partial charge in [0.2, 0.25) is 16.0 Å². The molecule has 0 saturated heterocycles. The number of pyridine rings is 2. The van der Waals surface area contributed by atoms with Gasteiger partial charge in [-0.2, -0.15) is 18.2 Å². The Morgan fingerprint density at radius 1 is 1.00 bits per heavy atom. The van der Waals surface area contributed by atoms with Crippen molar-refractivity contribution < 1.29 is 26.0 Å². The quantitative estimate of drug-likeness (QED) is 0.271. The molecule has 5 rings (SSSR count). The number of halogens is 4. The fourth-order valence-electron chi connectivity index (χ4n) is 3.83. The number of hydrogen-bond donors (Lipinski definition) is 3. The highest BCUT2D eigenvalue weighted by atomic mass is 32.2. The molecule has 1 saturated carbocycles. The summed E-state index contributed by atoms with van der Waals surface area (Å²) in [6, 6.07) is 10.4. The molecule has 1 fully saturated rings. The van der Waals surface area contributed by atoms with Crippen LogP contribution in [-0.4, -0.2) is 46.3 Å². The van der Waals surface area contributed by atoms with E-state index < -0.39 is 27.6 Å². The molecule has 14 heteroatoms. The van der Waals surface area contributed by atoms with E-state index in [1.54, 1.807) is 18.2 Å². The predicted octanol–water partition coefficient (Wildman–Crippen LogP) is 4.72. The van der Waals surface area contributed by atoms with Crippen molar-refractivity contribution in [1.29, 1.82) is 0 Å². The molecule has 0 aliphatic heterocycles. The summed E-state index contributed by atoms with van der Waals surface area (Å²) in [6.45, 7) is 0.114. The monoisotopic (exact) mass is 547 g/mol. The van der Waals surface area contributed by atoms with Crippen molar-refractivity contribution in [2.45, 2.75) is 31.1 Å². The van der Waals surface area contributed by atoms with E-state index in [4.69, 9.17) is 0 Å². The van der Waals surface area contributed by atoms with Crippen molar-refractivity contribution >= 4 is 38.5 Å². The second-order valence-electron chi connectivity index (χ2n) is 8.98. The van der Waals surface area contributed by atoms with Crippen molar-refractivity contribution in [3.8, 4) is 11.3 Å². The first-order chi connectivity index (χ1) is 17.9. The smallest absolute Gasteiger partial charge is 0.354 e. The van der Waals surface area contributed by atoms with Crippen molar-refractivity contribution in [3.05, 3.63) is 66.2 Å². The maximum absolute atomic E-state index is 13.8. The Hall–Kier alpha value is -4.07. The van der Waals surface area contributed by atoms with Crippen LogP contribution in [0.5, 0.6) is 0 Å². The summed E-state index contributed by atoms with van der Waals surface area (Å²) < 4.78 is 79.9. The van der Waals surface area contributed by atoms with Gasteiger partial charge in [-0.05, 0) is 60.9 Å². The average Bonchev–Trinajstić information content (AvgIpc) is 3.63. The van der Waals surface area contributed by atoms with Gasteiger partial charge in [0.25, 0.3) is 0 Å². The van der Waals surface area contributed by atoms with Gasteiger partial charge in [-0.15, -0.1) is 0 Å². The third-order valence-electron chi connectivity index (χ3n) is 5.88. The molecule has 9 nitrogen and oxygen atoms in total. The van der Waals surface area contributed by atoms with Gasteiger partial charge in [-0.1, -0.05) is 0 Å². The summed E-state index contributed by atoms with van der Waals surface area (Å²) in [4.78, 5) is 17.2. The molecule has 4 aromatic rings. The van der Waals surface area contributed by atoms with Crippen LogP contribution in [0.2, 0.25) is 0 Å². The second kappa shape index (κ2) is 9.35. The number of nitrogens with zero attached hydrogens (tertiary/aromatic N) is 4. The fourth-order valence-corrected chi connectivity index (χ4v) is 4.37. The second-order valence-corrected chi connectivity index (χ2v) is 10.7. The molecule has 3 N–H and O–H groups in total. The van der Waals surface area contributed by atoms with Crippen LogP contribution in [0.15, 0.2) is 54.9 Å². The van der Waals surface area contributed by atoms with Crippen LogP contribution in [-0.2, 0) is 16.6 Å². The minimum absolute atomic E-state index is 0.0378. The molecule has 1 aliphatic rings. The number of nitrogens with one attached hydrogen (secondary N) is 3. The standard InChI is InChI=1S/C24H21F4N7O2S/c1-38(36,37)35-17-10-14(11-29-13-17)12-30-22-32-19-7-6-18(15-2-4-16(25)5-3-15)31-20(19)21(33-22)34-23(8-9-23)24(26,27)28/h2-7,10-11,13,35H,8-9,12H2,1H3,(H2,30,32,33,34). The van der Waals surface area contributed by atoms with Gasteiger partial charge in [-0.25, -0.2) is 22.8 Å². The van der Waals surface area contributed by atoms with Crippen LogP contribution < -0.4 is 15.4 Å². The highest BCUT2D eigenvalue weighted by molar-refractivity contribution is 7.92. The fraction of sp³-hybridized carbons (Fsp3) is 0.250. The van der Waals surface area contributed by atoms with Crippen LogP contribution in [0.1, 0.15) is 18.4 Å². The first-order valence-electron chi connectivity index (χ1n) is 11.4. The lowest BCUT2D eigenvalue weighted by Gasteiger charge is -2.22. The first kappa shape index (κ1) is 25.6. The van der Waals surface area contributed by atoms with Crippen LogP contribution in [0.25, 0.3) is 22.3 Å². The lowest BCUT2D eigenvalue weighted by molar-refractivity contribution is -0.151. The minimum atomic E-state index is -4.49. The van der Waals surface area contributed by atoms with Gasteiger partial charge in [0, 0.05) is 18.3 Å². The summed E-state index contributed by atoms with van der Waals surface area (Å²) in [5, 5.41) is 5.50. The van der Waals surface area contributed by atoms with Crippen LogP contribution in [0.4, 0.5) is 35.0 Å². The van der Waals surface area contributed by atoms with E-state index >= 15 is 0 Å². The number of anilines is 3. The minimum Gasteiger partial charge on any atom is -0.354 e. The molecule has 1 aliphatic carbocycles. The highest BCUT2D eigenvalue weighted by Gasteiger charge is 2.64. The van der Waals surface area contributed by atoms with Gasteiger partial charge in [0.05, 0.1) is 29.4 Å². The topological polar surface area (TPSA) is 122 Å². The summed E-state index contributed by atoms with van der Waals surface area (Å²) >= 11 is 0. The van der Waals surface area contributed by atoms with Crippen LogP contribution in [0, 0.1) is 5.82 Å². The summed E-state index contributed by atoms with van der Waals surface area (Å²) in [6.07, 6.45) is -0.845. The zero-order valence-corrected chi connectivity index (χ0v) is 20.7. The molecule has 0 spiro atoms. The van der Waals surface area contributed by atoms with Crippen molar-refractivity contribution in [1.82, 2.24) is 19.9 Å². The van der Waals surface area contributed by atoms with Crippen molar-refractivity contribution in [3.63, 3.8) is 0 Å². The summed E-state index contributed by atoms with van der Waals surface area (Å²) in [5.41, 5.74) is 0.154. The highest BCUT2D eigenvalue weighted by Crippen LogP contribution is 2.51. The predicted molar refractivity (Wildman–Crippen MR) is 134 cm³/mol. The Labute approximate surface area is 214 Å². The Morgan fingerprint density at radius 2 is 1.74 bits per heavy atom. The zero-order chi connectivity index (χ0) is 27.1. The van der Waals surface area contributed by atoms with E-state index in [0.717, 1.165) is 6.26 Å². The number of alkyl halides is 3. The van der Waals surface area contributed by atoms with E-state index in [1.807, 2.05) is 0 Å². The lowest BCUT2D eigenvalue weighted by Crippen LogP contribution is -2.39. The van der Waals surface area contributed by atoms with Crippen molar-refractivity contribution in [2.75, 3.05) is 21.6 Å². The van der Waals surface area contributed by atoms with Gasteiger partial charge in [0.15, 0.2) is 5.82 Å². The van der Waals surface area contributed by atoms with Crippen molar-refractivity contribution in [2.24, 2.45) is 0 Å². The van der Waals surface area contributed by atoms with E-state index in [2.05, 4.69) is 35.3 Å². The molecule has 0 atom stereocenters. The first-order valence-corrected chi connectivity index (χ1v) is 13.3.